The number of anilines is 1. The highest BCUT2D eigenvalue weighted by Gasteiger charge is 2.18. The molecule has 0 atom stereocenters. The van der Waals surface area contributed by atoms with Crippen LogP contribution in [0.5, 0.6) is 0 Å². The van der Waals surface area contributed by atoms with E-state index in [0.717, 1.165) is 41.8 Å². The van der Waals surface area contributed by atoms with Crippen molar-refractivity contribution in [2.45, 2.75) is 26.3 Å². The van der Waals surface area contributed by atoms with Crippen LogP contribution in [0.4, 0.5) is 5.95 Å². The van der Waals surface area contributed by atoms with Crippen molar-refractivity contribution in [1.82, 2.24) is 9.97 Å². The van der Waals surface area contributed by atoms with Gasteiger partial charge < -0.3 is 10.6 Å². The number of nitrogens with two attached hydrogens (primary N) is 1. The fraction of sp³-hybridized carbons (Fsp3) is 0.412. The van der Waals surface area contributed by atoms with Gasteiger partial charge >= 0.3 is 0 Å². The lowest BCUT2D eigenvalue weighted by molar-refractivity contribution is 0.434. The topological polar surface area (TPSA) is 55.0 Å². The Morgan fingerprint density at radius 3 is 2.45 bits per heavy atom. The Bertz CT molecular complexity index is 592. The fourth-order valence-corrected chi connectivity index (χ4v) is 2.68. The normalized spacial score (nSPS) is 15.5. The Hall–Kier alpha value is -1.65. The molecule has 1 aromatic heterocycles. The molecule has 1 aliphatic heterocycles. The third kappa shape index (κ3) is 3.76. The molecule has 2 aromatic rings. The molecule has 0 bridgehead atoms. The maximum Gasteiger partial charge on any atom is 0.225 e. The van der Waals surface area contributed by atoms with Crippen LogP contribution in [0, 0.1) is 5.92 Å². The van der Waals surface area contributed by atoms with E-state index in [1.54, 1.807) is 0 Å². The highest BCUT2D eigenvalue weighted by Crippen LogP contribution is 2.23. The molecule has 22 heavy (non-hydrogen) atoms. The molecule has 118 valence electrons. The molecule has 1 aliphatic rings. The molecule has 2 N–H and O–H groups in total. The van der Waals surface area contributed by atoms with Gasteiger partial charge in [0.05, 0.1) is 5.69 Å². The summed E-state index contributed by atoms with van der Waals surface area (Å²) >= 11 is 0. The van der Waals surface area contributed by atoms with E-state index in [1.165, 1.54) is 12.8 Å². The third-order valence-corrected chi connectivity index (χ3v) is 4.19. The fourth-order valence-electron chi connectivity index (χ4n) is 2.68. The number of aromatic nitrogens is 2. The lowest BCUT2D eigenvalue weighted by atomic mass is 10.00. The smallest absolute Gasteiger partial charge is 0.225 e. The maximum atomic E-state index is 5.64. The van der Waals surface area contributed by atoms with Gasteiger partial charge in [-0.25, -0.2) is 9.97 Å². The van der Waals surface area contributed by atoms with Crippen LogP contribution in [0.3, 0.4) is 0 Å². The van der Waals surface area contributed by atoms with Crippen molar-refractivity contribution in [3.05, 3.63) is 42.1 Å². The molecule has 5 heteroatoms. The maximum absolute atomic E-state index is 5.64. The number of nitrogens with zero attached hydrogens (tertiary/aromatic N) is 3. The Morgan fingerprint density at radius 1 is 1.14 bits per heavy atom. The van der Waals surface area contributed by atoms with Gasteiger partial charge in [0, 0.05) is 31.4 Å². The third-order valence-electron chi connectivity index (χ3n) is 4.19. The lowest BCUT2D eigenvalue weighted by Gasteiger charge is -2.30. The van der Waals surface area contributed by atoms with Crippen LogP contribution >= 0.6 is 12.4 Å². The van der Waals surface area contributed by atoms with Crippen LogP contribution in [-0.2, 0) is 6.54 Å². The first-order valence-electron chi connectivity index (χ1n) is 7.63. The van der Waals surface area contributed by atoms with Crippen LogP contribution < -0.4 is 10.6 Å². The van der Waals surface area contributed by atoms with E-state index in [9.17, 15) is 0 Å². The van der Waals surface area contributed by atoms with Crippen LogP contribution in [-0.4, -0.2) is 23.1 Å². The van der Waals surface area contributed by atoms with Gasteiger partial charge in [-0.2, -0.15) is 0 Å². The highest BCUT2D eigenvalue weighted by molar-refractivity contribution is 5.85. The second kappa shape index (κ2) is 7.56. The monoisotopic (exact) mass is 318 g/mol. The summed E-state index contributed by atoms with van der Waals surface area (Å²) in [5.74, 6) is 1.66. The van der Waals surface area contributed by atoms with Gasteiger partial charge in [-0.15, -0.1) is 12.4 Å². The summed E-state index contributed by atoms with van der Waals surface area (Å²) in [5.41, 5.74) is 8.86. The van der Waals surface area contributed by atoms with Gasteiger partial charge in [-0.3, -0.25) is 0 Å². The van der Waals surface area contributed by atoms with Crippen molar-refractivity contribution >= 4 is 18.4 Å². The summed E-state index contributed by atoms with van der Waals surface area (Å²) in [6.07, 6.45) is 4.30. The summed E-state index contributed by atoms with van der Waals surface area (Å²) in [6, 6.07) is 10.2. The number of piperidine rings is 1. The first-order valence-corrected chi connectivity index (χ1v) is 7.63. The predicted molar refractivity (Wildman–Crippen MR) is 93.2 cm³/mol. The minimum atomic E-state index is 0. The average molecular weight is 319 g/mol. The molecule has 0 unspecified atom stereocenters. The van der Waals surface area contributed by atoms with E-state index >= 15 is 0 Å². The standard InChI is InChI=1S/C17H22N4.ClH/c1-13-7-10-21(11-8-13)17-19-9-6-16(20-17)15-4-2-14(12-18)3-5-15;/h2-6,9,13H,7-8,10-12,18H2,1H3;1H. The molecule has 0 aliphatic carbocycles. The predicted octanol–water partition coefficient (Wildman–Crippen LogP) is 3.26. The zero-order valence-electron chi connectivity index (χ0n) is 12.9. The Balaban J connectivity index is 0.00000176. The van der Waals surface area contributed by atoms with E-state index < -0.39 is 0 Å². The van der Waals surface area contributed by atoms with Crippen molar-refractivity contribution < 1.29 is 0 Å². The number of benzene rings is 1. The van der Waals surface area contributed by atoms with Gasteiger partial charge in [0.15, 0.2) is 0 Å². The molecule has 1 fully saturated rings. The molecule has 1 saturated heterocycles. The summed E-state index contributed by atoms with van der Waals surface area (Å²) < 4.78 is 0. The molecular weight excluding hydrogens is 296 g/mol. The van der Waals surface area contributed by atoms with Gasteiger partial charge in [0.2, 0.25) is 5.95 Å². The van der Waals surface area contributed by atoms with E-state index in [-0.39, 0.29) is 12.4 Å². The minimum absolute atomic E-state index is 0. The van der Waals surface area contributed by atoms with Gasteiger partial charge in [-0.05, 0) is 30.4 Å². The quantitative estimate of drug-likeness (QED) is 0.943. The molecule has 1 aromatic carbocycles. The molecule has 0 saturated carbocycles. The molecule has 2 heterocycles. The number of hydrogen-bond acceptors (Lipinski definition) is 4. The number of hydrogen-bond donors (Lipinski definition) is 1. The van der Waals surface area contributed by atoms with Crippen molar-refractivity contribution in [2.24, 2.45) is 11.7 Å². The van der Waals surface area contributed by atoms with Crippen molar-refractivity contribution in [3.8, 4) is 11.3 Å². The molecule has 3 rings (SSSR count). The first-order chi connectivity index (χ1) is 10.3. The van der Waals surface area contributed by atoms with E-state index in [1.807, 2.05) is 12.3 Å². The number of rotatable bonds is 3. The van der Waals surface area contributed by atoms with Gasteiger partial charge in [-0.1, -0.05) is 31.2 Å². The summed E-state index contributed by atoms with van der Waals surface area (Å²) in [4.78, 5) is 11.5. The van der Waals surface area contributed by atoms with Crippen LogP contribution in [0.2, 0.25) is 0 Å². The summed E-state index contributed by atoms with van der Waals surface area (Å²) in [5, 5.41) is 0. The van der Waals surface area contributed by atoms with E-state index in [4.69, 9.17) is 10.7 Å². The molecule has 0 spiro atoms. The number of halogens is 1. The van der Waals surface area contributed by atoms with E-state index in [2.05, 4.69) is 41.1 Å². The van der Waals surface area contributed by atoms with E-state index in [0.29, 0.717) is 6.54 Å². The Morgan fingerprint density at radius 2 is 1.82 bits per heavy atom. The highest BCUT2D eigenvalue weighted by atomic mass is 35.5. The summed E-state index contributed by atoms with van der Waals surface area (Å²) in [6.45, 7) is 4.99. The second-order valence-corrected chi connectivity index (χ2v) is 5.81. The van der Waals surface area contributed by atoms with Crippen LogP contribution in [0.25, 0.3) is 11.3 Å². The second-order valence-electron chi connectivity index (χ2n) is 5.81. The molecule has 4 nitrogen and oxygen atoms in total. The SMILES string of the molecule is CC1CCN(c2nccc(-c3ccc(CN)cc3)n2)CC1.Cl. The molecule has 0 radical (unpaired) electrons. The van der Waals surface area contributed by atoms with Crippen LogP contribution in [0.15, 0.2) is 36.5 Å². The van der Waals surface area contributed by atoms with Gasteiger partial charge in [0.25, 0.3) is 0 Å². The minimum Gasteiger partial charge on any atom is -0.341 e. The molecular formula is C17H23ClN4. The lowest BCUT2D eigenvalue weighted by Crippen LogP contribution is -2.34. The zero-order valence-corrected chi connectivity index (χ0v) is 13.7. The Kier molecular flexibility index (Phi) is 5.75. The average Bonchev–Trinajstić information content (AvgIpc) is 2.56. The van der Waals surface area contributed by atoms with Crippen LogP contribution in [0.1, 0.15) is 25.3 Å². The first kappa shape index (κ1) is 16.7. The van der Waals surface area contributed by atoms with Crippen molar-refractivity contribution in [1.29, 1.82) is 0 Å². The van der Waals surface area contributed by atoms with Crippen molar-refractivity contribution in [3.63, 3.8) is 0 Å². The van der Waals surface area contributed by atoms with Crippen molar-refractivity contribution in [2.75, 3.05) is 18.0 Å². The summed E-state index contributed by atoms with van der Waals surface area (Å²) in [7, 11) is 0. The zero-order chi connectivity index (χ0) is 14.7. The largest absolute Gasteiger partial charge is 0.341 e. The van der Waals surface area contributed by atoms with Gasteiger partial charge in [0.1, 0.15) is 0 Å². The Labute approximate surface area is 138 Å². The molecule has 0 amide bonds.